The number of carbonyl (C=O) groups is 1. The molecule has 0 aliphatic carbocycles. The quantitative estimate of drug-likeness (QED) is 0.349. The second-order valence-corrected chi connectivity index (χ2v) is 9.61. The van der Waals surface area contributed by atoms with Crippen LogP contribution in [0.4, 0.5) is 0 Å². The number of pyridine rings is 1. The lowest BCUT2D eigenvalue weighted by Gasteiger charge is -2.26. The number of fused-ring (bicyclic) bond motifs is 1. The normalized spacial score (nSPS) is 14.0. The molecule has 1 aliphatic heterocycles. The average molecular weight is 457 g/mol. The predicted molar refractivity (Wildman–Crippen MR) is 134 cm³/mol. The van der Waals surface area contributed by atoms with Crippen molar-refractivity contribution in [3.05, 3.63) is 89.2 Å². The SMILES string of the molecule is Cc1cccc(Cn2c(SCc3ccc(C(=O)N4CCCCC4)cc3)nc3ccncc32)c1. The summed E-state index contributed by atoms with van der Waals surface area (Å²) in [6, 6.07) is 18.6. The van der Waals surface area contributed by atoms with Crippen LogP contribution in [0, 0.1) is 6.92 Å². The molecule has 1 aliphatic rings. The highest BCUT2D eigenvalue weighted by atomic mass is 32.2. The van der Waals surface area contributed by atoms with Gasteiger partial charge in [0.2, 0.25) is 0 Å². The van der Waals surface area contributed by atoms with Gasteiger partial charge in [0.25, 0.3) is 5.91 Å². The van der Waals surface area contributed by atoms with Gasteiger partial charge in [-0.25, -0.2) is 4.98 Å². The van der Waals surface area contributed by atoms with E-state index in [1.165, 1.54) is 23.1 Å². The van der Waals surface area contributed by atoms with Crippen molar-refractivity contribution in [2.24, 2.45) is 0 Å². The molecule has 3 heterocycles. The minimum Gasteiger partial charge on any atom is -0.339 e. The molecular weight excluding hydrogens is 428 g/mol. The summed E-state index contributed by atoms with van der Waals surface area (Å²) in [4.78, 5) is 23.9. The van der Waals surface area contributed by atoms with Crippen LogP contribution in [-0.4, -0.2) is 38.4 Å². The maximum absolute atomic E-state index is 12.7. The zero-order valence-electron chi connectivity index (χ0n) is 18.9. The van der Waals surface area contributed by atoms with E-state index in [1.54, 1.807) is 18.0 Å². The van der Waals surface area contributed by atoms with Crippen LogP contribution in [-0.2, 0) is 12.3 Å². The number of aromatic nitrogens is 3. The number of hydrogen-bond acceptors (Lipinski definition) is 4. The first-order valence-corrected chi connectivity index (χ1v) is 12.5. The molecule has 0 saturated carbocycles. The molecule has 6 heteroatoms. The summed E-state index contributed by atoms with van der Waals surface area (Å²) in [6.45, 7) is 4.63. The molecule has 0 N–H and O–H groups in total. The van der Waals surface area contributed by atoms with Crippen molar-refractivity contribution < 1.29 is 4.79 Å². The van der Waals surface area contributed by atoms with Gasteiger partial charge in [0.1, 0.15) is 0 Å². The second kappa shape index (κ2) is 9.79. The van der Waals surface area contributed by atoms with Gasteiger partial charge in [-0.15, -0.1) is 0 Å². The number of benzene rings is 2. The van der Waals surface area contributed by atoms with Crippen molar-refractivity contribution in [1.82, 2.24) is 19.4 Å². The van der Waals surface area contributed by atoms with Crippen molar-refractivity contribution in [2.45, 2.75) is 43.6 Å². The highest BCUT2D eigenvalue weighted by Gasteiger charge is 2.18. The fourth-order valence-electron chi connectivity index (χ4n) is 4.37. The molecular formula is C27H28N4OS. The van der Waals surface area contributed by atoms with Gasteiger partial charge in [0.05, 0.1) is 23.8 Å². The lowest BCUT2D eigenvalue weighted by molar-refractivity contribution is 0.0724. The molecule has 0 unspecified atom stereocenters. The maximum atomic E-state index is 12.7. The summed E-state index contributed by atoms with van der Waals surface area (Å²) >= 11 is 1.72. The summed E-state index contributed by atoms with van der Waals surface area (Å²) in [5.74, 6) is 0.948. The summed E-state index contributed by atoms with van der Waals surface area (Å²) in [6.07, 6.45) is 7.13. The Balaban J connectivity index is 1.32. The first-order valence-electron chi connectivity index (χ1n) is 11.5. The largest absolute Gasteiger partial charge is 0.339 e. The van der Waals surface area contributed by atoms with Crippen molar-refractivity contribution in [1.29, 1.82) is 0 Å². The topological polar surface area (TPSA) is 51.0 Å². The van der Waals surface area contributed by atoms with E-state index < -0.39 is 0 Å². The second-order valence-electron chi connectivity index (χ2n) is 8.67. The van der Waals surface area contributed by atoms with Crippen molar-refractivity contribution in [3.63, 3.8) is 0 Å². The standard InChI is InChI=1S/C27H28N4OS/c1-20-6-5-7-22(16-20)18-31-25-17-28-13-12-24(25)29-27(31)33-19-21-8-10-23(11-9-21)26(32)30-14-3-2-4-15-30/h5-13,16-17H,2-4,14-15,18-19H2,1H3. The third kappa shape index (κ3) is 4.96. The van der Waals surface area contributed by atoms with Crippen LogP contribution in [0.15, 0.2) is 72.1 Å². The van der Waals surface area contributed by atoms with Gasteiger partial charge in [-0.3, -0.25) is 9.78 Å². The van der Waals surface area contributed by atoms with Crippen LogP contribution in [0.5, 0.6) is 0 Å². The van der Waals surface area contributed by atoms with Crippen molar-refractivity contribution in [2.75, 3.05) is 13.1 Å². The third-order valence-electron chi connectivity index (χ3n) is 6.15. The van der Waals surface area contributed by atoms with Crippen LogP contribution in [0.3, 0.4) is 0 Å². The van der Waals surface area contributed by atoms with Crippen LogP contribution in [0.25, 0.3) is 11.0 Å². The lowest BCUT2D eigenvalue weighted by Crippen LogP contribution is -2.35. The van der Waals surface area contributed by atoms with Gasteiger partial charge in [-0.2, -0.15) is 0 Å². The van der Waals surface area contributed by atoms with Crippen LogP contribution in [0.1, 0.15) is 46.3 Å². The Morgan fingerprint density at radius 2 is 1.82 bits per heavy atom. The molecule has 2 aromatic heterocycles. The number of likely N-dealkylation sites (tertiary alicyclic amines) is 1. The van der Waals surface area contributed by atoms with E-state index in [4.69, 9.17) is 4.98 Å². The maximum Gasteiger partial charge on any atom is 0.253 e. The first kappa shape index (κ1) is 21.7. The number of piperidine rings is 1. The molecule has 1 saturated heterocycles. The molecule has 1 fully saturated rings. The molecule has 1 amide bonds. The van der Waals surface area contributed by atoms with Gasteiger partial charge in [-0.1, -0.05) is 53.7 Å². The Bertz CT molecular complexity index is 1260. The van der Waals surface area contributed by atoms with E-state index in [2.05, 4.69) is 52.9 Å². The molecule has 0 spiro atoms. The number of amides is 1. The van der Waals surface area contributed by atoms with E-state index in [1.807, 2.05) is 29.3 Å². The Morgan fingerprint density at radius 1 is 1.00 bits per heavy atom. The molecule has 5 nitrogen and oxygen atoms in total. The highest BCUT2D eigenvalue weighted by molar-refractivity contribution is 7.98. The van der Waals surface area contributed by atoms with Crippen LogP contribution in [0.2, 0.25) is 0 Å². The van der Waals surface area contributed by atoms with E-state index in [0.29, 0.717) is 0 Å². The predicted octanol–water partition coefficient (Wildman–Crippen LogP) is 5.71. The van der Waals surface area contributed by atoms with Crippen molar-refractivity contribution >= 4 is 28.7 Å². The number of aryl methyl sites for hydroxylation is 1. The van der Waals surface area contributed by atoms with E-state index >= 15 is 0 Å². The molecule has 0 bridgehead atoms. The third-order valence-corrected chi connectivity index (χ3v) is 7.20. The van der Waals surface area contributed by atoms with E-state index in [0.717, 1.165) is 60.0 Å². The number of hydrogen-bond donors (Lipinski definition) is 0. The van der Waals surface area contributed by atoms with Crippen LogP contribution < -0.4 is 0 Å². The van der Waals surface area contributed by atoms with E-state index in [9.17, 15) is 4.79 Å². The zero-order chi connectivity index (χ0) is 22.6. The fraction of sp³-hybridized carbons (Fsp3) is 0.296. The van der Waals surface area contributed by atoms with Crippen LogP contribution >= 0.6 is 11.8 Å². The zero-order valence-corrected chi connectivity index (χ0v) is 19.7. The highest BCUT2D eigenvalue weighted by Crippen LogP contribution is 2.28. The average Bonchev–Trinajstić information content (AvgIpc) is 3.20. The Hall–Kier alpha value is -3.12. The summed E-state index contributed by atoms with van der Waals surface area (Å²) < 4.78 is 2.25. The molecule has 168 valence electrons. The minimum absolute atomic E-state index is 0.154. The van der Waals surface area contributed by atoms with Gasteiger partial charge in [0.15, 0.2) is 5.16 Å². The van der Waals surface area contributed by atoms with Gasteiger partial charge in [-0.05, 0) is 55.5 Å². The Kier molecular flexibility index (Phi) is 6.44. The smallest absolute Gasteiger partial charge is 0.253 e. The summed E-state index contributed by atoms with van der Waals surface area (Å²) in [5, 5.41) is 0.980. The number of thioether (sulfide) groups is 1. The molecule has 2 aromatic carbocycles. The Labute approximate surface area is 198 Å². The number of nitrogens with zero attached hydrogens (tertiary/aromatic N) is 4. The van der Waals surface area contributed by atoms with Gasteiger partial charge < -0.3 is 9.47 Å². The van der Waals surface area contributed by atoms with Crippen molar-refractivity contribution in [3.8, 4) is 0 Å². The minimum atomic E-state index is 0.154. The molecule has 5 rings (SSSR count). The summed E-state index contributed by atoms with van der Waals surface area (Å²) in [5.41, 5.74) is 6.47. The molecule has 33 heavy (non-hydrogen) atoms. The molecule has 4 aromatic rings. The fourth-order valence-corrected chi connectivity index (χ4v) is 5.34. The molecule has 0 atom stereocenters. The Morgan fingerprint density at radius 3 is 2.61 bits per heavy atom. The van der Waals surface area contributed by atoms with E-state index in [-0.39, 0.29) is 5.91 Å². The summed E-state index contributed by atoms with van der Waals surface area (Å²) in [7, 11) is 0. The van der Waals surface area contributed by atoms with Gasteiger partial charge in [0, 0.05) is 30.6 Å². The lowest BCUT2D eigenvalue weighted by atomic mass is 10.1. The number of carbonyl (C=O) groups excluding carboxylic acids is 1. The first-order chi connectivity index (χ1) is 16.2. The molecule has 0 radical (unpaired) electrons. The monoisotopic (exact) mass is 456 g/mol. The number of rotatable bonds is 6. The number of imidazole rings is 1. The van der Waals surface area contributed by atoms with Gasteiger partial charge >= 0.3 is 0 Å².